The lowest BCUT2D eigenvalue weighted by Gasteiger charge is -2.02. The van der Waals surface area contributed by atoms with Crippen molar-refractivity contribution in [2.24, 2.45) is 0 Å². The molecule has 0 aliphatic carbocycles. The van der Waals surface area contributed by atoms with Crippen LogP contribution in [0.5, 0.6) is 0 Å². The van der Waals surface area contributed by atoms with Gasteiger partial charge in [0, 0.05) is 18.6 Å². The van der Waals surface area contributed by atoms with E-state index in [2.05, 4.69) is 9.97 Å². The normalized spacial score (nSPS) is 12.2. The minimum absolute atomic E-state index is 0.365. The molecule has 0 N–H and O–H groups in total. The van der Waals surface area contributed by atoms with Crippen molar-refractivity contribution in [1.82, 2.24) is 14.4 Å². The summed E-state index contributed by atoms with van der Waals surface area (Å²) in [5.41, 5.74) is 3.26. The highest BCUT2D eigenvalue weighted by Crippen LogP contribution is 2.23. The zero-order chi connectivity index (χ0) is 14.1. The van der Waals surface area contributed by atoms with Gasteiger partial charge in [-0.25, -0.2) is 14.4 Å². The van der Waals surface area contributed by atoms with Crippen LogP contribution >= 0.6 is 0 Å². The summed E-state index contributed by atoms with van der Waals surface area (Å²) in [6.07, 6.45) is 4.01. The van der Waals surface area contributed by atoms with Gasteiger partial charge in [-0.05, 0) is 42.3 Å². The molecular weight excluding hydrogens is 255 g/mol. The maximum atomic E-state index is 13.3. The van der Waals surface area contributed by atoms with Gasteiger partial charge in [-0.2, -0.15) is 5.26 Å². The number of nitriles is 1. The first kappa shape index (κ1) is 12.3. The fraction of sp³-hybridized carbons (Fsp3) is 0.133. The van der Waals surface area contributed by atoms with Gasteiger partial charge in [0.15, 0.2) is 0 Å². The summed E-state index contributed by atoms with van der Waals surface area (Å²) in [7, 11) is 0. The Balaban J connectivity index is 2.10. The van der Waals surface area contributed by atoms with Crippen molar-refractivity contribution in [2.75, 3.05) is 0 Å². The van der Waals surface area contributed by atoms with Crippen molar-refractivity contribution in [3.8, 4) is 17.2 Å². The quantitative estimate of drug-likeness (QED) is 0.715. The molecule has 5 heteroatoms. The summed E-state index contributed by atoms with van der Waals surface area (Å²) in [6, 6.07) is 9.32. The van der Waals surface area contributed by atoms with E-state index in [1.54, 1.807) is 22.9 Å². The fourth-order valence-electron chi connectivity index (χ4n) is 2.04. The molecule has 0 aromatic carbocycles. The Labute approximate surface area is 115 Å². The summed E-state index contributed by atoms with van der Waals surface area (Å²) < 4.78 is 15.1. The van der Waals surface area contributed by atoms with E-state index in [9.17, 15) is 4.39 Å². The van der Waals surface area contributed by atoms with Crippen molar-refractivity contribution in [3.63, 3.8) is 0 Å². The third kappa shape index (κ3) is 2.12. The van der Waals surface area contributed by atoms with Crippen LogP contribution in [0, 0.1) is 11.3 Å². The largest absolute Gasteiger partial charge is 0.307 e. The van der Waals surface area contributed by atoms with E-state index >= 15 is 0 Å². The Hall–Kier alpha value is -2.74. The lowest BCUT2D eigenvalue weighted by molar-refractivity contribution is 0.367. The van der Waals surface area contributed by atoms with Crippen LogP contribution in [0.4, 0.5) is 4.39 Å². The maximum Gasteiger partial charge on any atom is 0.141 e. The molecule has 3 aromatic heterocycles. The van der Waals surface area contributed by atoms with E-state index in [0.29, 0.717) is 17.0 Å². The van der Waals surface area contributed by atoms with Crippen LogP contribution in [0.1, 0.15) is 24.5 Å². The average molecular weight is 266 g/mol. The van der Waals surface area contributed by atoms with E-state index in [-0.39, 0.29) is 0 Å². The van der Waals surface area contributed by atoms with Gasteiger partial charge in [-0.15, -0.1) is 0 Å². The summed E-state index contributed by atoms with van der Waals surface area (Å²) in [5, 5.41) is 8.87. The zero-order valence-electron chi connectivity index (χ0n) is 10.8. The molecule has 3 heterocycles. The van der Waals surface area contributed by atoms with E-state index in [1.807, 2.05) is 30.5 Å². The number of hydrogen-bond donors (Lipinski definition) is 0. The predicted molar refractivity (Wildman–Crippen MR) is 72.7 cm³/mol. The topological polar surface area (TPSA) is 54.0 Å². The van der Waals surface area contributed by atoms with Crippen molar-refractivity contribution in [1.29, 1.82) is 5.26 Å². The van der Waals surface area contributed by atoms with Crippen LogP contribution in [-0.4, -0.2) is 14.4 Å². The van der Waals surface area contributed by atoms with Gasteiger partial charge in [0.05, 0.1) is 5.69 Å². The molecule has 1 unspecified atom stereocenters. The smallest absolute Gasteiger partial charge is 0.141 e. The van der Waals surface area contributed by atoms with Gasteiger partial charge < -0.3 is 4.40 Å². The van der Waals surface area contributed by atoms with Gasteiger partial charge >= 0.3 is 0 Å². The van der Waals surface area contributed by atoms with Crippen molar-refractivity contribution in [2.45, 2.75) is 13.1 Å². The van der Waals surface area contributed by atoms with Gasteiger partial charge in [0.2, 0.25) is 0 Å². The van der Waals surface area contributed by atoms with Crippen LogP contribution in [0.2, 0.25) is 0 Å². The van der Waals surface area contributed by atoms with E-state index in [1.165, 1.54) is 6.92 Å². The summed E-state index contributed by atoms with van der Waals surface area (Å²) in [6.45, 7) is 1.46. The fourth-order valence-corrected chi connectivity index (χ4v) is 2.04. The number of alkyl halides is 1. The van der Waals surface area contributed by atoms with Crippen molar-refractivity contribution >= 4 is 5.65 Å². The number of imidazole rings is 1. The monoisotopic (exact) mass is 266 g/mol. The van der Waals surface area contributed by atoms with Crippen LogP contribution in [-0.2, 0) is 0 Å². The molecule has 1 atom stereocenters. The molecule has 0 saturated heterocycles. The average Bonchev–Trinajstić information content (AvgIpc) is 2.90. The number of fused-ring (bicyclic) bond motifs is 1. The molecule has 0 aliphatic rings. The Morgan fingerprint density at radius 1 is 1.30 bits per heavy atom. The third-order valence-electron chi connectivity index (χ3n) is 3.09. The number of halogens is 1. The van der Waals surface area contributed by atoms with E-state index < -0.39 is 6.17 Å². The van der Waals surface area contributed by atoms with Gasteiger partial charge in [0.25, 0.3) is 0 Å². The number of nitrogens with zero attached hydrogens (tertiary/aromatic N) is 4. The summed E-state index contributed by atoms with van der Waals surface area (Å²) >= 11 is 0. The Kier molecular flexibility index (Phi) is 2.92. The molecule has 0 spiro atoms. The highest BCUT2D eigenvalue weighted by Gasteiger charge is 2.09. The number of rotatable bonds is 2. The summed E-state index contributed by atoms with van der Waals surface area (Å²) in [5.74, 6) is 0. The van der Waals surface area contributed by atoms with Crippen LogP contribution < -0.4 is 0 Å². The molecule has 0 saturated carbocycles. The lowest BCUT2D eigenvalue weighted by Crippen LogP contribution is -1.87. The van der Waals surface area contributed by atoms with Crippen LogP contribution in [0.15, 0.2) is 42.9 Å². The zero-order valence-corrected chi connectivity index (χ0v) is 10.8. The van der Waals surface area contributed by atoms with E-state index in [4.69, 9.17) is 5.26 Å². The highest BCUT2D eigenvalue weighted by atomic mass is 19.1. The number of aromatic nitrogens is 3. The molecule has 4 nitrogen and oxygen atoms in total. The standard InChI is InChI=1S/C15H11FN4/c1-10(16)14-9-20-5-3-12(7-15(20)19-14)11-2-4-18-13(6-11)8-17/h2-7,9-10H,1H3. The second-order valence-electron chi connectivity index (χ2n) is 4.50. The minimum Gasteiger partial charge on any atom is -0.307 e. The Morgan fingerprint density at radius 2 is 2.10 bits per heavy atom. The van der Waals surface area contributed by atoms with Crippen molar-refractivity contribution in [3.05, 3.63) is 54.2 Å². The van der Waals surface area contributed by atoms with Gasteiger partial charge in [-0.3, -0.25) is 0 Å². The molecule has 3 aromatic rings. The van der Waals surface area contributed by atoms with Gasteiger partial charge in [-0.1, -0.05) is 0 Å². The van der Waals surface area contributed by atoms with Crippen molar-refractivity contribution < 1.29 is 4.39 Å². The second-order valence-corrected chi connectivity index (χ2v) is 4.50. The molecule has 0 bridgehead atoms. The number of hydrogen-bond acceptors (Lipinski definition) is 3. The predicted octanol–water partition coefficient (Wildman–Crippen LogP) is 3.30. The molecular formula is C15H11FN4. The lowest BCUT2D eigenvalue weighted by atomic mass is 10.1. The number of pyridine rings is 2. The molecule has 0 radical (unpaired) electrons. The van der Waals surface area contributed by atoms with Crippen LogP contribution in [0.25, 0.3) is 16.8 Å². The second kappa shape index (κ2) is 4.74. The SMILES string of the molecule is CC(F)c1cn2ccc(-c3ccnc(C#N)c3)cc2n1. The maximum absolute atomic E-state index is 13.3. The third-order valence-corrected chi connectivity index (χ3v) is 3.09. The molecule has 0 amide bonds. The highest BCUT2D eigenvalue weighted by molar-refractivity contribution is 5.68. The summed E-state index contributed by atoms with van der Waals surface area (Å²) in [4.78, 5) is 8.19. The Morgan fingerprint density at radius 3 is 2.85 bits per heavy atom. The first-order chi connectivity index (χ1) is 9.67. The molecule has 3 rings (SSSR count). The molecule has 0 aliphatic heterocycles. The Bertz CT molecular complexity index is 814. The van der Waals surface area contributed by atoms with E-state index in [0.717, 1.165) is 11.1 Å². The van der Waals surface area contributed by atoms with Crippen LogP contribution in [0.3, 0.4) is 0 Å². The first-order valence-corrected chi connectivity index (χ1v) is 6.16. The molecule has 20 heavy (non-hydrogen) atoms. The first-order valence-electron chi connectivity index (χ1n) is 6.16. The minimum atomic E-state index is -1.09. The molecule has 0 fully saturated rings. The van der Waals surface area contributed by atoms with Gasteiger partial charge in [0.1, 0.15) is 23.6 Å². The molecule has 98 valence electrons.